The Balaban J connectivity index is 3.35. The highest BCUT2D eigenvalue weighted by Gasteiger charge is 2.11. The summed E-state index contributed by atoms with van der Waals surface area (Å²) in [6.07, 6.45) is 7.18. The average molecular weight is 233 g/mol. The lowest BCUT2D eigenvalue weighted by molar-refractivity contribution is -0.416. The van der Waals surface area contributed by atoms with E-state index in [1.807, 2.05) is 0 Å². The van der Waals surface area contributed by atoms with Crippen LogP contribution in [0.4, 0.5) is 0 Å². The molecule has 0 aliphatic heterocycles. The third-order valence-corrected chi connectivity index (χ3v) is 2.26. The third kappa shape index (κ3) is 3.15. The molecule has 0 heterocycles. The first kappa shape index (κ1) is 12.9. The van der Waals surface area contributed by atoms with Gasteiger partial charge in [0.1, 0.15) is 7.05 Å². The predicted molar refractivity (Wildman–Crippen MR) is 66.8 cm³/mol. The minimum Gasteiger partial charge on any atom is -0.624 e. The summed E-state index contributed by atoms with van der Waals surface area (Å²) in [6.45, 7) is 0. The van der Waals surface area contributed by atoms with Gasteiger partial charge in [-0.25, -0.2) is 4.74 Å². The molecular formula is C13H15NO3. The highest BCUT2D eigenvalue weighted by molar-refractivity contribution is 5.80. The molecule has 0 bridgehead atoms. The zero-order valence-electron chi connectivity index (χ0n) is 10.2. The van der Waals surface area contributed by atoms with Gasteiger partial charge in [-0.3, -0.25) is 0 Å². The van der Waals surface area contributed by atoms with Gasteiger partial charge in [0.25, 0.3) is 0 Å². The molecule has 0 spiro atoms. The van der Waals surface area contributed by atoms with E-state index >= 15 is 0 Å². The normalized spacial score (nSPS) is 10.8. The molecule has 90 valence electrons. The van der Waals surface area contributed by atoms with Crippen LogP contribution in [0, 0.1) is 17.6 Å². The maximum Gasteiger partial charge on any atom is 0.182 e. The summed E-state index contributed by atoms with van der Waals surface area (Å²) < 4.78 is 11.1. The van der Waals surface area contributed by atoms with Crippen LogP contribution in [0.15, 0.2) is 12.1 Å². The summed E-state index contributed by atoms with van der Waals surface area (Å²) in [7, 11) is 4.51. The number of benzene rings is 1. The van der Waals surface area contributed by atoms with Crippen LogP contribution in [0.1, 0.15) is 11.1 Å². The quantitative estimate of drug-likeness (QED) is 0.260. The molecule has 0 aliphatic rings. The summed E-state index contributed by atoms with van der Waals surface area (Å²) in [4.78, 5) is 0. The summed E-state index contributed by atoms with van der Waals surface area (Å²) in [6, 6.07) is 3.52. The van der Waals surface area contributed by atoms with E-state index in [2.05, 4.69) is 5.92 Å². The molecule has 0 aliphatic carbocycles. The Morgan fingerprint density at radius 2 is 1.94 bits per heavy atom. The SMILES string of the molecule is C#CCc1cc(OC)c(OC)cc1/C=[N+](/C)[O-]. The Labute approximate surface area is 101 Å². The lowest BCUT2D eigenvalue weighted by Gasteiger charge is -2.11. The summed E-state index contributed by atoms with van der Waals surface area (Å²) in [5.74, 6) is 3.72. The van der Waals surface area contributed by atoms with Gasteiger partial charge in [0.05, 0.1) is 14.2 Å². The van der Waals surface area contributed by atoms with Crippen LogP contribution in [-0.2, 0) is 6.42 Å². The van der Waals surface area contributed by atoms with Crippen LogP contribution in [0.3, 0.4) is 0 Å². The zero-order chi connectivity index (χ0) is 12.8. The van der Waals surface area contributed by atoms with Crippen molar-refractivity contribution in [2.24, 2.45) is 0 Å². The van der Waals surface area contributed by atoms with Crippen LogP contribution in [0.2, 0.25) is 0 Å². The Morgan fingerprint density at radius 1 is 1.35 bits per heavy atom. The summed E-state index contributed by atoms with van der Waals surface area (Å²) in [5, 5.41) is 11.1. The van der Waals surface area contributed by atoms with Crippen molar-refractivity contribution < 1.29 is 14.2 Å². The number of nitrogens with zero attached hydrogens (tertiary/aromatic N) is 1. The molecule has 0 atom stereocenters. The van der Waals surface area contributed by atoms with Gasteiger partial charge in [-0.15, -0.1) is 12.3 Å². The second-order valence-corrected chi connectivity index (χ2v) is 3.46. The van der Waals surface area contributed by atoms with E-state index in [4.69, 9.17) is 15.9 Å². The van der Waals surface area contributed by atoms with E-state index in [1.165, 1.54) is 13.3 Å². The molecule has 4 heteroatoms. The van der Waals surface area contributed by atoms with E-state index in [0.29, 0.717) is 17.9 Å². The summed E-state index contributed by atoms with van der Waals surface area (Å²) >= 11 is 0. The fourth-order valence-corrected chi connectivity index (χ4v) is 1.52. The molecule has 0 saturated carbocycles. The average Bonchev–Trinajstić information content (AvgIpc) is 2.30. The van der Waals surface area contributed by atoms with Crippen LogP contribution in [0.25, 0.3) is 0 Å². The molecule has 0 aromatic heterocycles. The number of ether oxygens (including phenoxy) is 2. The molecule has 0 unspecified atom stereocenters. The van der Waals surface area contributed by atoms with Crippen molar-refractivity contribution in [3.8, 4) is 23.8 Å². The Morgan fingerprint density at radius 3 is 2.41 bits per heavy atom. The molecule has 1 aromatic rings. The van der Waals surface area contributed by atoms with E-state index in [1.54, 1.807) is 26.4 Å². The van der Waals surface area contributed by atoms with E-state index < -0.39 is 0 Å². The van der Waals surface area contributed by atoms with Crippen molar-refractivity contribution >= 4 is 6.21 Å². The van der Waals surface area contributed by atoms with Crippen molar-refractivity contribution in [1.29, 1.82) is 0 Å². The van der Waals surface area contributed by atoms with E-state index in [-0.39, 0.29) is 0 Å². The van der Waals surface area contributed by atoms with E-state index in [9.17, 15) is 5.21 Å². The van der Waals surface area contributed by atoms with Crippen LogP contribution in [0.5, 0.6) is 11.5 Å². The van der Waals surface area contributed by atoms with Crippen molar-refractivity contribution in [1.82, 2.24) is 0 Å². The van der Waals surface area contributed by atoms with E-state index in [0.717, 1.165) is 15.9 Å². The predicted octanol–water partition coefficient (Wildman–Crippen LogP) is 1.44. The molecule has 17 heavy (non-hydrogen) atoms. The molecule has 0 radical (unpaired) electrons. The number of hydroxylamine groups is 1. The largest absolute Gasteiger partial charge is 0.624 e. The minimum atomic E-state index is 0.431. The maximum atomic E-state index is 11.1. The van der Waals surface area contributed by atoms with Crippen molar-refractivity contribution in [2.75, 3.05) is 21.3 Å². The molecule has 0 amide bonds. The van der Waals surface area contributed by atoms with Gasteiger partial charge in [-0.05, 0) is 17.7 Å². The number of hydrogen-bond donors (Lipinski definition) is 0. The molecule has 0 saturated heterocycles. The monoisotopic (exact) mass is 233 g/mol. The number of methoxy groups -OCH3 is 2. The smallest absolute Gasteiger partial charge is 0.182 e. The Kier molecular flexibility index (Phi) is 4.41. The van der Waals surface area contributed by atoms with Gasteiger partial charge in [-0.2, -0.15) is 0 Å². The van der Waals surface area contributed by atoms with Gasteiger partial charge in [0.15, 0.2) is 17.7 Å². The molecule has 1 aromatic carbocycles. The number of hydrogen-bond acceptors (Lipinski definition) is 3. The second kappa shape index (κ2) is 5.80. The molecule has 0 fully saturated rings. The minimum absolute atomic E-state index is 0.431. The van der Waals surface area contributed by atoms with Gasteiger partial charge in [0.2, 0.25) is 0 Å². The Bertz CT molecular complexity index is 468. The second-order valence-electron chi connectivity index (χ2n) is 3.46. The lowest BCUT2D eigenvalue weighted by Crippen LogP contribution is -2.03. The highest BCUT2D eigenvalue weighted by Crippen LogP contribution is 2.30. The summed E-state index contributed by atoms with van der Waals surface area (Å²) in [5.41, 5.74) is 1.59. The highest BCUT2D eigenvalue weighted by atomic mass is 16.5. The molecule has 0 N–H and O–H groups in total. The van der Waals surface area contributed by atoms with Crippen LogP contribution >= 0.6 is 0 Å². The maximum absolute atomic E-state index is 11.1. The van der Waals surface area contributed by atoms with Crippen molar-refractivity contribution in [2.45, 2.75) is 6.42 Å². The first-order valence-electron chi connectivity index (χ1n) is 5.05. The van der Waals surface area contributed by atoms with Gasteiger partial charge >= 0.3 is 0 Å². The fourth-order valence-electron chi connectivity index (χ4n) is 1.52. The van der Waals surface area contributed by atoms with Crippen molar-refractivity contribution in [3.63, 3.8) is 0 Å². The van der Waals surface area contributed by atoms with Crippen LogP contribution < -0.4 is 9.47 Å². The third-order valence-electron chi connectivity index (χ3n) is 2.26. The standard InChI is InChI=1S/C13H15NO3/c1-5-6-10-7-12(16-3)13(17-4)8-11(10)9-14(2)15/h1,7-9H,6H2,2-4H3/b14-9-. The topological polar surface area (TPSA) is 44.5 Å². The van der Waals surface area contributed by atoms with Gasteiger partial charge < -0.3 is 14.7 Å². The van der Waals surface area contributed by atoms with Gasteiger partial charge in [0, 0.05) is 12.0 Å². The first-order chi connectivity index (χ1) is 8.12. The Hall–Kier alpha value is -2.15. The fraction of sp³-hybridized carbons (Fsp3) is 0.308. The number of rotatable bonds is 4. The van der Waals surface area contributed by atoms with Gasteiger partial charge in [-0.1, -0.05) is 0 Å². The molecule has 4 nitrogen and oxygen atoms in total. The molecular weight excluding hydrogens is 218 g/mol. The number of terminal acetylenes is 1. The lowest BCUT2D eigenvalue weighted by atomic mass is 10.0. The van der Waals surface area contributed by atoms with Crippen LogP contribution in [-0.4, -0.2) is 32.2 Å². The molecule has 1 rings (SSSR count). The van der Waals surface area contributed by atoms with Crippen molar-refractivity contribution in [3.05, 3.63) is 28.5 Å². The zero-order valence-corrected chi connectivity index (χ0v) is 10.2. The first-order valence-corrected chi connectivity index (χ1v) is 5.05.